The van der Waals surface area contributed by atoms with Crippen molar-refractivity contribution in [2.75, 3.05) is 13.7 Å². The number of hydrogen-bond donors (Lipinski definition) is 1. The molecule has 32 heavy (non-hydrogen) atoms. The topological polar surface area (TPSA) is 67.9 Å². The second-order valence-corrected chi connectivity index (χ2v) is 9.02. The molecule has 0 fully saturated rings. The van der Waals surface area contributed by atoms with E-state index < -0.39 is 11.6 Å². The fraction of sp³-hybridized carbons (Fsp3) is 0.462. The molecule has 0 radical (unpaired) electrons. The van der Waals surface area contributed by atoms with Gasteiger partial charge in [0, 0.05) is 12.1 Å². The predicted octanol–water partition coefficient (Wildman–Crippen LogP) is 4.41. The SMILES string of the molecule is CC[C@@H](C(=O)NC(C)(C)C)N(Cc1ccc(OC)cc1)C(=O)COc1cccc(C)c1C. The molecule has 0 aliphatic heterocycles. The van der Waals surface area contributed by atoms with E-state index in [0.717, 1.165) is 22.4 Å². The lowest BCUT2D eigenvalue weighted by molar-refractivity contribution is -0.143. The normalized spacial score (nSPS) is 12.1. The van der Waals surface area contributed by atoms with Crippen molar-refractivity contribution in [2.45, 2.75) is 66.1 Å². The molecule has 1 N–H and O–H groups in total. The maximum atomic E-state index is 13.3. The summed E-state index contributed by atoms with van der Waals surface area (Å²) in [6, 6.07) is 12.7. The van der Waals surface area contributed by atoms with Crippen molar-refractivity contribution in [3.63, 3.8) is 0 Å². The van der Waals surface area contributed by atoms with Crippen LogP contribution in [0.5, 0.6) is 11.5 Å². The summed E-state index contributed by atoms with van der Waals surface area (Å²) in [5.41, 5.74) is 2.61. The summed E-state index contributed by atoms with van der Waals surface area (Å²) >= 11 is 0. The number of carbonyl (C=O) groups is 2. The van der Waals surface area contributed by atoms with Gasteiger partial charge in [0.15, 0.2) is 6.61 Å². The average molecular weight is 441 g/mol. The molecular weight excluding hydrogens is 404 g/mol. The maximum Gasteiger partial charge on any atom is 0.261 e. The van der Waals surface area contributed by atoms with E-state index in [2.05, 4.69) is 5.32 Å². The molecular formula is C26H36N2O4. The van der Waals surface area contributed by atoms with Gasteiger partial charge in [-0.25, -0.2) is 0 Å². The zero-order valence-corrected chi connectivity index (χ0v) is 20.3. The molecule has 0 bridgehead atoms. The molecule has 2 amide bonds. The Bertz CT molecular complexity index is 916. The summed E-state index contributed by atoms with van der Waals surface area (Å²) in [6.45, 7) is 11.8. The molecule has 174 valence electrons. The monoisotopic (exact) mass is 440 g/mol. The quantitative estimate of drug-likeness (QED) is 0.627. The Balaban J connectivity index is 2.26. The van der Waals surface area contributed by atoms with Crippen LogP contribution in [-0.4, -0.2) is 42.0 Å². The Hall–Kier alpha value is -3.02. The molecule has 0 aliphatic rings. The highest BCUT2D eigenvalue weighted by atomic mass is 16.5. The van der Waals surface area contributed by atoms with Crippen molar-refractivity contribution in [2.24, 2.45) is 0 Å². The number of aryl methyl sites for hydroxylation is 1. The van der Waals surface area contributed by atoms with Gasteiger partial charge >= 0.3 is 0 Å². The summed E-state index contributed by atoms with van der Waals surface area (Å²) in [7, 11) is 1.61. The number of methoxy groups -OCH3 is 1. The van der Waals surface area contributed by atoms with E-state index in [1.54, 1.807) is 12.0 Å². The highest BCUT2D eigenvalue weighted by Gasteiger charge is 2.31. The minimum atomic E-state index is -0.606. The average Bonchev–Trinajstić information content (AvgIpc) is 2.73. The van der Waals surface area contributed by atoms with Crippen molar-refractivity contribution in [1.29, 1.82) is 0 Å². The van der Waals surface area contributed by atoms with Gasteiger partial charge in [0.25, 0.3) is 5.91 Å². The molecule has 0 unspecified atom stereocenters. The van der Waals surface area contributed by atoms with Gasteiger partial charge in [-0.2, -0.15) is 0 Å². The van der Waals surface area contributed by atoms with Crippen molar-refractivity contribution in [3.05, 3.63) is 59.2 Å². The van der Waals surface area contributed by atoms with Gasteiger partial charge < -0.3 is 19.7 Å². The van der Waals surface area contributed by atoms with E-state index >= 15 is 0 Å². The Morgan fingerprint density at radius 2 is 1.72 bits per heavy atom. The van der Waals surface area contributed by atoms with Crippen molar-refractivity contribution in [3.8, 4) is 11.5 Å². The van der Waals surface area contributed by atoms with Crippen LogP contribution >= 0.6 is 0 Å². The predicted molar refractivity (Wildman–Crippen MR) is 127 cm³/mol. The van der Waals surface area contributed by atoms with E-state index in [9.17, 15) is 9.59 Å². The number of amides is 2. The van der Waals surface area contributed by atoms with Gasteiger partial charge in [0.1, 0.15) is 17.5 Å². The van der Waals surface area contributed by atoms with Crippen LogP contribution in [-0.2, 0) is 16.1 Å². The van der Waals surface area contributed by atoms with Gasteiger partial charge in [-0.1, -0.05) is 31.2 Å². The third-order valence-electron chi connectivity index (χ3n) is 5.30. The Morgan fingerprint density at radius 3 is 2.28 bits per heavy atom. The number of hydrogen-bond acceptors (Lipinski definition) is 4. The van der Waals surface area contributed by atoms with Crippen LogP contribution in [0.15, 0.2) is 42.5 Å². The standard InChI is InChI=1S/C26H36N2O4/c1-8-22(25(30)27-26(4,5)6)28(16-20-12-14-21(31-7)15-13-20)24(29)17-32-23-11-9-10-18(2)19(23)3/h9-15,22H,8,16-17H2,1-7H3,(H,27,30)/t22-/m0/s1. The number of ether oxygens (including phenoxy) is 2. The number of rotatable bonds is 9. The minimum Gasteiger partial charge on any atom is -0.497 e. The van der Waals surface area contributed by atoms with Crippen molar-refractivity contribution < 1.29 is 19.1 Å². The lowest BCUT2D eigenvalue weighted by atomic mass is 10.1. The van der Waals surface area contributed by atoms with Gasteiger partial charge in [-0.05, 0) is 75.9 Å². The first-order valence-corrected chi connectivity index (χ1v) is 11.0. The molecule has 2 aromatic carbocycles. The first kappa shape index (κ1) is 25.2. The van der Waals surface area contributed by atoms with Crippen LogP contribution in [0.3, 0.4) is 0 Å². The smallest absolute Gasteiger partial charge is 0.261 e. The first-order valence-electron chi connectivity index (χ1n) is 11.0. The maximum absolute atomic E-state index is 13.3. The molecule has 2 aromatic rings. The molecule has 0 aliphatic carbocycles. The van der Waals surface area contributed by atoms with E-state index in [1.165, 1.54) is 0 Å². The summed E-state index contributed by atoms with van der Waals surface area (Å²) in [6.07, 6.45) is 0.493. The molecule has 6 nitrogen and oxygen atoms in total. The fourth-order valence-electron chi connectivity index (χ4n) is 3.40. The van der Waals surface area contributed by atoms with E-state index in [-0.39, 0.29) is 18.4 Å². The molecule has 0 saturated carbocycles. The first-order chi connectivity index (χ1) is 15.1. The third-order valence-corrected chi connectivity index (χ3v) is 5.30. The highest BCUT2D eigenvalue weighted by Crippen LogP contribution is 2.21. The van der Waals surface area contributed by atoms with Crippen LogP contribution in [0, 0.1) is 13.8 Å². The van der Waals surface area contributed by atoms with Crippen LogP contribution < -0.4 is 14.8 Å². The molecule has 0 spiro atoms. The van der Waals surface area contributed by atoms with Crippen LogP contribution in [0.2, 0.25) is 0 Å². The van der Waals surface area contributed by atoms with Crippen molar-refractivity contribution >= 4 is 11.8 Å². The van der Waals surface area contributed by atoms with Gasteiger partial charge in [0.2, 0.25) is 5.91 Å². The molecule has 2 rings (SSSR count). The van der Waals surface area contributed by atoms with Crippen LogP contribution in [0.25, 0.3) is 0 Å². The summed E-state index contributed by atoms with van der Waals surface area (Å²) in [4.78, 5) is 27.9. The lowest BCUT2D eigenvalue weighted by Crippen LogP contribution is -2.54. The summed E-state index contributed by atoms with van der Waals surface area (Å²) in [5.74, 6) is 1.00. The second kappa shape index (κ2) is 11.0. The fourth-order valence-corrected chi connectivity index (χ4v) is 3.40. The van der Waals surface area contributed by atoms with Gasteiger partial charge in [0.05, 0.1) is 7.11 Å². The van der Waals surface area contributed by atoms with Crippen LogP contribution in [0.1, 0.15) is 50.8 Å². The number of benzene rings is 2. The molecule has 1 atom stereocenters. The molecule has 0 heterocycles. The van der Waals surface area contributed by atoms with E-state index in [1.807, 2.05) is 84.0 Å². The minimum absolute atomic E-state index is 0.139. The second-order valence-electron chi connectivity index (χ2n) is 9.02. The zero-order valence-electron chi connectivity index (χ0n) is 20.3. The Labute approximate surface area is 191 Å². The Kier molecular flexibility index (Phi) is 8.70. The number of carbonyl (C=O) groups excluding carboxylic acids is 2. The van der Waals surface area contributed by atoms with E-state index in [0.29, 0.717) is 18.7 Å². The lowest BCUT2D eigenvalue weighted by Gasteiger charge is -2.33. The molecule has 0 aromatic heterocycles. The number of nitrogens with one attached hydrogen (secondary N) is 1. The Morgan fingerprint density at radius 1 is 1.06 bits per heavy atom. The van der Waals surface area contributed by atoms with Gasteiger partial charge in [-0.3, -0.25) is 9.59 Å². The summed E-state index contributed by atoms with van der Waals surface area (Å²) in [5, 5.41) is 3.01. The van der Waals surface area contributed by atoms with E-state index in [4.69, 9.17) is 9.47 Å². The zero-order chi connectivity index (χ0) is 23.9. The molecule has 0 saturated heterocycles. The molecule has 6 heteroatoms. The van der Waals surface area contributed by atoms with Crippen molar-refractivity contribution in [1.82, 2.24) is 10.2 Å². The van der Waals surface area contributed by atoms with Crippen LogP contribution in [0.4, 0.5) is 0 Å². The highest BCUT2D eigenvalue weighted by molar-refractivity contribution is 5.88. The summed E-state index contributed by atoms with van der Waals surface area (Å²) < 4.78 is 11.1. The third kappa shape index (κ3) is 7.01. The van der Waals surface area contributed by atoms with Gasteiger partial charge in [-0.15, -0.1) is 0 Å². The largest absolute Gasteiger partial charge is 0.497 e. The number of nitrogens with zero attached hydrogens (tertiary/aromatic N) is 1.